The largest absolute Gasteiger partial charge is 0.497 e. The maximum Gasteiger partial charge on any atom is 0.380 e. The lowest BCUT2D eigenvalue weighted by Gasteiger charge is -2.08. The second-order valence-corrected chi connectivity index (χ2v) is 3.63. The fourth-order valence-electron chi connectivity index (χ4n) is 1.30. The van der Waals surface area contributed by atoms with Crippen LogP contribution in [0, 0.1) is 0 Å². The number of rotatable bonds is 7. The summed E-state index contributed by atoms with van der Waals surface area (Å²) in [5.74, 6) is -2.53. The van der Waals surface area contributed by atoms with Crippen LogP contribution in [0.4, 0.5) is 0 Å². The summed E-state index contributed by atoms with van der Waals surface area (Å²) in [6.45, 7) is 3.16. The van der Waals surface area contributed by atoms with Crippen molar-refractivity contribution in [1.82, 2.24) is 0 Å². The molecule has 0 aromatic heterocycles. The number of esters is 1. The van der Waals surface area contributed by atoms with Crippen molar-refractivity contribution in [3.63, 3.8) is 0 Å². The zero-order chi connectivity index (χ0) is 15.1. The van der Waals surface area contributed by atoms with Crippen LogP contribution in [0.25, 0.3) is 0 Å². The van der Waals surface area contributed by atoms with Gasteiger partial charge in [-0.3, -0.25) is 14.4 Å². The van der Waals surface area contributed by atoms with Gasteiger partial charge in [-0.15, -0.1) is 0 Å². The smallest absolute Gasteiger partial charge is 0.380 e. The minimum atomic E-state index is -1.65. The van der Waals surface area contributed by atoms with E-state index in [4.69, 9.17) is 4.74 Å². The van der Waals surface area contributed by atoms with Gasteiger partial charge in [0.25, 0.3) is 5.78 Å². The van der Waals surface area contributed by atoms with E-state index in [1.165, 1.54) is 31.4 Å². The van der Waals surface area contributed by atoms with Gasteiger partial charge >= 0.3 is 5.97 Å². The van der Waals surface area contributed by atoms with E-state index in [1.54, 1.807) is 0 Å². The highest BCUT2D eigenvalue weighted by atomic mass is 16.6. The van der Waals surface area contributed by atoms with E-state index in [2.05, 4.69) is 11.3 Å². The number of carbonyl (C=O) groups excluding carboxylic acids is 4. The molecule has 0 fully saturated rings. The van der Waals surface area contributed by atoms with Crippen LogP contribution >= 0.6 is 0 Å². The second kappa shape index (κ2) is 10.0. The van der Waals surface area contributed by atoms with Crippen molar-refractivity contribution in [2.45, 2.75) is 21.0 Å². The first-order valence-corrected chi connectivity index (χ1v) is 5.54. The highest BCUT2D eigenvalue weighted by Crippen LogP contribution is 2.12. The average Bonchev–Trinajstić information content (AvgIpc) is 2.50. The Kier molecular flexibility index (Phi) is 9.83. The Labute approximate surface area is 129 Å². The Bertz CT molecular complexity index is 544. The predicted octanol–water partition coefficient (Wildman–Crippen LogP) is 2.02. The van der Waals surface area contributed by atoms with Crippen LogP contribution in [0.15, 0.2) is 36.9 Å². The minimum absolute atomic E-state index is 0. The number of ketones is 2. The van der Waals surface area contributed by atoms with Crippen LogP contribution in [-0.2, 0) is 19.1 Å². The van der Waals surface area contributed by atoms with Crippen LogP contribution in [-0.4, -0.2) is 37.0 Å². The standard InChI is InChI=1S/C14H12O6.2CH4/c1-3-11(16)12(8-15)20-14(18)13(17)9-4-6-10(19-2)7-5-9;;/h3-8,12H,1H2,2H3;2*1H4. The lowest BCUT2D eigenvalue weighted by Crippen LogP contribution is -2.30. The predicted molar refractivity (Wildman–Crippen MR) is 81.9 cm³/mol. The molecule has 22 heavy (non-hydrogen) atoms. The summed E-state index contributed by atoms with van der Waals surface area (Å²) >= 11 is 0. The third-order valence-corrected chi connectivity index (χ3v) is 2.38. The number of aldehydes is 1. The molecule has 0 aliphatic rings. The van der Waals surface area contributed by atoms with Gasteiger partial charge in [-0.05, 0) is 30.3 Å². The van der Waals surface area contributed by atoms with Gasteiger partial charge in [-0.1, -0.05) is 21.4 Å². The number of carbonyl (C=O) groups is 4. The third-order valence-electron chi connectivity index (χ3n) is 2.38. The summed E-state index contributed by atoms with van der Waals surface area (Å²) in [5.41, 5.74) is 0.0616. The van der Waals surface area contributed by atoms with Crippen LogP contribution in [0.2, 0.25) is 0 Å². The van der Waals surface area contributed by atoms with E-state index in [0.717, 1.165) is 6.08 Å². The molecule has 1 aromatic rings. The SMILES string of the molecule is C.C.C=CC(=O)C(C=O)OC(=O)C(=O)c1ccc(OC)cc1. The molecule has 0 aliphatic heterocycles. The molecule has 0 aliphatic carbocycles. The van der Waals surface area contributed by atoms with Gasteiger partial charge in [0, 0.05) is 5.56 Å². The van der Waals surface area contributed by atoms with Crippen molar-refractivity contribution in [3.8, 4) is 5.75 Å². The van der Waals surface area contributed by atoms with Crippen molar-refractivity contribution in [2.24, 2.45) is 0 Å². The third kappa shape index (κ3) is 5.32. The minimum Gasteiger partial charge on any atom is -0.497 e. The fourth-order valence-corrected chi connectivity index (χ4v) is 1.30. The number of hydrogen-bond donors (Lipinski definition) is 0. The topological polar surface area (TPSA) is 86.7 Å². The van der Waals surface area contributed by atoms with Crippen molar-refractivity contribution in [2.75, 3.05) is 7.11 Å². The molecule has 6 nitrogen and oxygen atoms in total. The van der Waals surface area contributed by atoms with Gasteiger partial charge in [0.05, 0.1) is 7.11 Å². The van der Waals surface area contributed by atoms with Gasteiger partial charge in [-0.25, -0.2) is 4.79 Å². The lowest BCUT2D eigenvalue weighted by molar-refractivity contribution is -0.151. The van der Waals surface area contributed by atoms with Crippen LogP contribution < -0.4 is 4.74 Å². The Hall–Kier alpha value is -2.76. The number of hydrogen-bond acceptors (Lipinski definition) is 6. The lowest BCUT2D eigenvalue weighted by atomic mass is 10.1. The molecule has 0 heterocycles. The van der Waals surface area contributed by atoms with Gasteiger partial charge in [0.15, 0.2) is 6.29 Å². The fraction of sp³-hybridized carbons (Fsp3) is 0.250. The maximum atomic E-state index is 11.7. The van der Waals surface area contributed by atoms with Crippen molar-refractivity contribution >= 4 is 23.8 Å². The van der Waals surface area contributed by atoms with Crippen LogP contribution in [0.1, 0.15) is 25.2 Å². The summed E-state index contributed by atoms with van der Waals surface area (Å²) < 4.78 is 9.42. The van der Waals surface area contributed by atoms with Crippen molar-refractivity contribution in [3.05, 3.63) is 42.5 Å². The van der Waals surface area contributed by atoms with Crippen LogP contribution in [0.3, 0.4) is 0 Å². The summed E-state index contributed by atoms with van der Waals surface area (Å²) in [5, 5.41) is 0. The molecule has 0 saturated carbocycles. The van der Waals surface area contributed by atoms with E-state index in [0.29, 0.717) is 5.75 Å². The Balaban J connectivity index is 0. The monoisotopic (exact) mass is 308 g/mol. The van der Waals surface area contributed by atoms with E-state index in [9.17, 15) is 19.2 Å². The summed E-state index contributed by atoms with van der Waals surface area (Å²) in [6, 6.07) is 5.72. The van der Waals surface area contributed by atoms with Crippen molar-refractivity contribution in [1.29, 1.82) is 0 Å². The molecule has 1 aromatic carbocycles. The van der Waals surface area contributed by atoms with Gasteiger partial charge in [0.1, 0.15) is 5.75 Å². The highest BCUT2D eigenvalue weighted by Gasteiger charge is 2.25. The molecular weight excluding hydrogens is 288 g/mol. The first-order valence-electron chi connectivity index (χ1n) is 5.54. The molecule has 1 unspecified atom stereocenters. The first kappa shape index (κ1) is 21.5. The molecule has 1 atom stereocenters. The normalized spacial score (nSPS) is 10.0. The van der Waals surface area contributed by atoms with Gasteiger partial charge in [0.2, 0.25) is 11.9 Å². The van der Waals surface area contributed by atoms with E-state index in [1.807, 2.05) is 0 Å². The van der Waals surface area contributed by atoms with Gasteiger partial charge in [-0.2, -0.15) is 0 Å². The summed E-state index contributed by atoms with van der Waals surface area (Å²) in [7, 11) is 1.46. The number of benzene rings is 1. The molecule has 120 valence electrons. The van der Waals surface area contributed by atoms with Gasteiger partial charge < -0.3 is 9.47 Å². The molecule has 0 N–H and O–H groups in total. The second-order valence-electron chi connectivity index (χ2n) is 3.63. The quantitative estimate of drug-likeness (QED) is 0.191. The number of methoxy groups -OCH3 is 1. The molecule has 0 bridgehead atoms. The number of ether oxygens (including phenoxy) is 2. The first-order chi connectivity index (χ1) is 9.53. The molecule has 1 rings (SSSR count). The molecule has 0 saturated heterocycles. The Morgan fingerprint density at radius 2 is 1.68 bits per heavy atom. The maximum absolute atomic E-state index is 11.7. The zero-order valence-electron chi connectivity index (χ0n) is 10.7. The summed E-state index contributed by atoms with van der Waals surface area (Å²) in [4.78, 5) is 45.1. The molecule has 0 radical (unpaired) electrons. The highest BCUT2D eigenvalue weighted by molar-refractivity contribution is 6.41. The Morgan fingerprint density at radius 3 is 2.09 bits per heavy atom. The average molecular weight is 308 g/mol. The van der Waals surface area contributed by atoms with Crippen LogP contribution in [0.5, 0.6) is 5.75 Å². The zero-order valence-corrected chi connectivity index (χ0v) is 10.7. The molecule has 0 spiro atoms. The number of Topliss-reactive ketones (excluding diaryl/α,β-unsaturated/α-hetero) is 1. The summed E-state index contributed by atoms with van der Waals surface area (Å²) in [6.07, 6.45) is -0.685. The molecular formula is C16H20O6. The van der Waals surface area contributed by atoms with E-state index in [-0.39, 0.29) is 26.7 Å². The molecule has 6 heteroatoms. The van der Waals surface area contributed by atoms with E-state index >= 15 is 0 Å². The van der Waals surface area contributed by atoms with E-state index < -0.39 is 23.6 Å². The molecule has 0 amide bonds. The van der Waals surface area contributed by atoms with Crippen molar-refractivity contribution < 1.29 is 28.7 Å². The Morgan fingerprint density at radius 1 is 1.14 bits per heavy atom.